The van der Waals surface area contributed by atoms with Crippen molar-refractivity contribution in [2.45, 2.75) is 32.7 Å². The van der Waals surface area contributed by atoms with Crippen molar-refractivity contribution >= 4 is 12.0 Å². The molecule has 2 rings (SSSR count). The highest BCUT2D eigenvalue weighted by atomic mass is 16.6. The third-order valence-electron chi connectivity index (χ3n) is 3.90. The molecule has 0 saturated carbocycles. The number of amides is 2. The number of hydrogen-bond acceptors (Lipinski definition) is 4. The lowest BCUT2D eigenvalue weighted by Crippen LogP contribution is -2.47. The number of ether oxygens (including phenoxy) is 1. The SMILES string of the molecule is CCOC(=O)N1CCC(NC(=O)C(C)=C2CNC2)CC1. The first-order valence-electron chi connectivity index (χ1n) is 7.23. The number of carbonyl (C=O) groups excluding carboxylic acids is 2. The van der Waals surface area contributed by atoms with E-state index in [0.717, 1.165) is 31.5 Å². The summed E-state index contributed by atoms with van der Waals surface area (Å²) in [6.45, 7) is 7.00. The molecule has 0 aliphatic carbocycles. The lowest BCUT2D eigenvalue weighted by molar-refractivity contribution is -0.118. The Morgan fingerprint density at radius 3 is 2.50 bits per heavy atom. The summed E-state index contributed by atoms with van der Waals surface area (Å²) < 4.78 is 4.97. The van der Waals surface area contributed by atoms with Crippen LogP contribution in [0.25, 0.3) is 0 Å². The Kier molecular flexibility index (Phi) is 5.00. The molecular formula is C14H23N3O3. The van der Waals surface area contributed by atoms with Crippen LogP contribution in [0.1, 0.15) is 26.7 Å². The van der Waals surface area contributed by atoms with E-state index in [1.807, 2.05) is 6.92 Å². The predicted molar refractivity (Wildman–Crippen MR) is 75.3 cm³/mol. The molecule has 6 heteroatoms. The van der Waals surface area contributed by atoms with Crippen molar-refractivity contribution in [2.75, 3.05) is 32.8 Å². The average molecular weight is 281 g/mol. The Morgan fingerprint density at radius 1 is 1.35 bits per heavy atom. The fourth-order valence-electron chi connectivity index (χ4n) is 2.39. The molecule has 0 atom stereocenters. The third-order valence-corrected chi connectivity index (χ3v) is 3.90. The Labute approximate surface area is 119 Å². The fraction of sp³-hybridized carbons (Fsp3) is 0.714. The van der Waals surface area contributed by atoms with E-state index in [-0.39, 0.29) is 18.0 Å². The van der Waals surface area contributed by atoms with E-state index >= 15 is 0 Å². The van der Waals surface area contributed by atoms with Gasteiger partial charge in [-0.15, -0.1) is 0 Å². The molecular weight excluding hydrogens is 258 g/mol. The molecule has 2 aliphatic rings. The van der Waals surface area contributed by atoms with E-state index in [1.54, 1.807) is 11.8 Å². The van der Waals surface area contributed by atoms with Crippen molar-refractivity contribution in [1.82, 2.24) is 15.5 Å². The second kappa shape index (κ2) is 6.74. The fourth-order valence-corrected chi connectivity index (χ4v) is 2.39. The molecule has 2 heterocycles. The second-order valence-corrected chi connectivity index (χ2v) is 5.27. The molecule has 0 unspecified atom stereocenters. The molecule has 0 aromatic carbocycles. The zero-order valence-electron chi connectivity index (χ0n) is 12.2. The monoisotopic (exact) mass is 281 g/mol. The van der Waals surface area contributed by atoms with Crippen molar-refractivity contribution < 1.29 is 14.3 Å². The minimum atomic E-state index is -0.254. The Hall–Kier alpha value is -1.56. The number of nitrogens with one attached hydrogen (secondary N) is 2. The van der Waals surface area contributed by atoms with Crippen molar-refractivity contribution in [1.29, 1.82) is 0 Å². The quantitative estimate of drug-likeness (QED) is 0.745. The smallest absolute Gasteiger partial charge is 0.409 e. The van der Waals surface area contributed by atoms with Gasteiger partial charge in [0.25, 0.3) is 0 Å². The van der Waals surface area contributed by atoms with Crippen LogP contribution < -0.4 is 10.6 Å². The number of rotatable bonds is 3. The number of carbonyl (C=O) groups is 2. The third kappa shape index (κ3) is 3.50. The molecule has 2 aliphatic heterocycles. The zero-order chi connectivity index (χ0) is 14.5. The number of likely N-dealkylation sites (tertiary alicyclic amines) is 1. The lowest BCUT2D eigenvalue weighted by Gasteiger charge is -2.32. The van der Waals surface area contributed by atoms with E-state index in [4.69, 9.17) is 4.74 Å². The summed E-state index contributed by atoms with van der Waals surface area (Å²) in [5.41, 5.74) is 2.02. The summed E-state index contributed by atoms with van der Waals surface area (Å²) in [6.07, 6.45) is 1.31. The Balaban J connectivity index is 1.77. The predicted octanol–water partition coefficient (Wildman–Crippen LogP) is 0.643. The van der Waals surface area contributed by atoms with Crippen LogP contribution >= 0.6 is 0 Å². The number of piperidine rings is 1. The highest BCUT2D eigenvalue weighted by molar-refractivity contribution is 5.94. The van der Waals surface area contributed by atoms with E-state index in [9.17, 15) is 9.59 Å². The Bertz CT molecular complexity index is 406. The van der Waals surface area contributed by atoms with Crippen LogP contribution in [0, 0.1) is 0 Å². The van der Waals surface area contributed by atoms with Crippen LogP contribution in [-0.2, 0) is 9.53 Å². The van der Waals surface area contributed by atoms with E-state index < -0.39 is 0 Å². The molecule has 2 N–H and O–H groups in total. The van der Waals surface area contributed by atoms with Crippen LogP contribution in [-0.4, -0.2) is 55.7 Å². The van der Waals surface area contributed by atoms with Gasteiger partial charge in [-0.1, -0.05) is 0 Å². The summed E-state index contributed by atoms with van der Waals surface area (Å²) in [6, 6.07) is 0.150. The molecule has 0 spiro atoms. The van der Waals surface area contributed by atoms with Gasteiger partial charge in [-0.25, -0.2) is 4.79 Å². The number of hydrogen-bond donors (Lipinski definition) is 2. The summed E-state index contributed by atoms with van der Waals surface area (Å²) in [7, 11) is 0. The first kappa shape index (κ1) is 14.8. The van der Waals surface area contributed by atoms with Crippen LogP contribution in [0.4, 0.5) is 4.79 Å². The van der Waals surface area contributed by atoms with Gasteiger partial charge < -0.3 is 20.3 Å². The molecule has 2 saturated heterocycles. The van der Waals surface area contributed by atoms with Crippen molar-refractivity contribution in [3.05, 3.63) is 11.1 Å². The highest BCUT2D eigenvalue weighted by Crippen LogP contribution is 2.14. The molecule has 0 bridgehead atoms. The van der Waals surface area contributed by atoms with Gasteiger partial charge in [0, 0.05) is 37.8 Å². The molecule has 112 valence electrons. The molecule has 2 amide bonds. The summed E-state index contributed by atoms with van der Waals surface area (Å²) in [5.74, 6) is 0.0242. The minimum Gasteiger partial charge on any atom is -0.450 e. The van der Waals surface area contributed by atoms with E-state index in [2.05, 4.69) is 10.6 Å². The van der Waals surface area contributed by atoms with Crippen molar-refractivity contribution in [3.8, 4) is 0 Å². The van der Waals surface area contributed by atoms with Gasteiger partial charge in [-0.05, 0) is 32.3 Å². The number of nitrogens with zero attached hydrogens (tertiary/aromatic N) is 1. The zero-order valence-corrected chi connectivity index (χ0v) is 12.2. The van der Waals surface area contributed by atoms with Gasteiger partial charge in [0.1, 0.15) is 0 Å². The van der Waals surface area contributed by atoms with Crippen LogP contribution in [0.2, 0.25) is 0 Å². The van der Waals surface area contributed by atoms with Crippen LogP contribution in [0.5, 0.6) is 0 Å². The van der Waals surface area contributed by atoms with Crippen LogP contribution in [0.3, 0.4) is 0 Å². The van der Waals surface area contributed by atoms with Crippen molar-refractivity contribution in [3.63, 3.8) is 0 Å². The maximum absolute atomic E-state index is 12.1. The topological polar surface area (TPSA) is 70.7 Å². The first-order valence-corrected chi connectivity index (χ1v) is 7.23. The lowest BCUT2D eigenvalue weighted by atomic mass is 10.0. The summed E-state index contributed by atoms with van der Waals surface area (Å²) >= 11 is 0. The van der Waals surface area contributed by atoms with Crippen molar-refractivity contribution in [2.24, 2.45) is 0 Å². The normalized spacial score (nSPS) is 19.3. The molecule has 0 aromatic rings. The molecule has 6 nitrogen and oxygen atoms in total. The largest absolute Gasteiger partial charge is 0.450 e. The summed E-state index contributed by atoms with van der Waals surface area (Å²) in [4.78, 5) is 25.3. The van der Waals surface area contributed by atoms with Gasteiger partial charge in [0.2, 0.25) is 5.91 Å². The average Bonchev–Trinajstić information content (AvgIpc) is 2.37. The van der Waals surface area contributed by atoms with E-state index in [0.29, 0.717) is 19.7 Å². The highest BCUT2D eigenvalue weighted by Gasteiger charge is 2.25. The standard InChI is InChI=1S/C14H23N3O3/c1-3-20-14(19)17-6-4-12(5-7-17)16-13(18)10(2)11-8-15-9-11/h12,15H,3-9H2,1-2H3,(H,16,18). The second-order valence-electron chi connectivity index (χ2n) is 5.27. The van der Waals surface area contributed by atoms with Gasteiger partial charge in [0.05, 0.1) is 6.61 Å². The van der Waals surface area contributed by atoms with Gasteiger partial charge in [-0.3, -0.25) is 4.79 Å². The minimum absolute atomic E-state index is 0.0242. The van der Waals surface area contributed by atoms with Gasteiger partial charge in [-0.2, -0.15) is 0 Å². The van der Waals surface area contributed by atoms with Gasteiger partial charge >= 0.3 is 6.09 Å². The van der Waals surface area contributed by atoms with E-state index in [1.165, 1.54) is 5.57 Å². The van der Waals surface area contributed by atoms with Crippen LogP contribution in [0.15, 0.2) is 11.1 Å². The summed E-state index contributed by atoms with van der Waals surface area (Å²) in [5, 5.41) is 6.19. The maximum atomic E-state index is 12.1. The molecule has 2 fully saturated rings. The molecule has 0 radical (unpaired) electrons. The first-order chi connectivity index (χ1) is 9.61. The molecule has 0 aromatic heterocycles. The maximum Gasteiger partial charge on any atom is 0.409 e. The molecule has 20 heavy (non-hydrogen) atoms. The van der Waals surface area contributed by atoms with Gasteiger partial charge in [0.15, 0.2) is 0 Å². The Morgan fingerprint density at radius 2 is 2.00 bits per heavy atom.